The number of thioether (sulfide) groups is 1. The van der Waals surface area contributed by atoms with Crippen LogP contribution in [0.25, 0.3) is 22.3 Å². The van der Waals surface area contributed by atoms with Crippen molar-refractivity contribution in [1.29, 1.82) is 0 Å². The number of hydrogen-bond acceptors (Lipinski definition) is 8. The normalized spacial score (nSPS) is 23.6. The fourth-order valence-electron chi connectivity index (χ4n) is 6.61. The molecule has 208 valence electrons. The highest BCUT2D eigenvalue weighted by Gasteiger charge is 2.47. The van der Waals surface area contributed by atoms with Gasteiger partial charge in [0, 0.05) is 33.2 Å². The number of nitrogens with one attached hydrogen (secondary N) is 1. The van der Waals surface area contributed by atoms with Crippen molar-refractivity contribution in [2.75, 3.05) is 12.4 Å². The van der Waals surface area contributed by atoms with Crippen LogP contribution in [0.4, 0.5) is 4.39 Å². The maximum Gasteiger partial charge on any atom is 0.343 e. The van der Waals surface area contributed by atoms with Crippen molar-refractivity contribution in [3.63, 3.8) is 0 Å². The van der Waals surface area contributed by atoms with Gasteiger partial charge in [-0.1, -0.05) is 13.3 Å². The SMILES string of the molecule is CC[C@@]1(O)C(=O)OCc2c1cc1n(c2=O)Cc2c-1nc1cc(F)c(C)c3c1c2C(NC(=O)C1(CO)CCC1)CS3. The Balaban J connectivity index is 1.46. The van der Waals surface area contributed by atoms with Gasteiger partial charge in [-0.2, -0.15) is 0 Å². The van der Waals surface area contributed by atoms with Gasteiger partial charge in [0.15, 0.2) is 5.60 Å². The van der Waals surface area contributed by atoms with E-state index in [-0.39, 0.29) is 48.8 Å². The minimum atomic E-state index is -1.96. The average molecular weight is 566 g/mol. The summed E-state index contributed by atoms with van der Waals surface area (Å²) in [5.41, 5.74) is 0.606. The first-order chi connectivity index (χ1) is 19.1. The lowest BCUT2D eigenvalue weighted by Crippen LogP contribution is -2.49. The van der Waals surface area contributed by atoms with Crippen LogP contribution in [0.15, 0.2) is 21.8 Å². The highest BCUT2D eigenvalue weighted by Crippen LogP contribution is 2.49. The Morgan fingerprint density at radius 1 is 1.30 bits per heavy atom. The van der Waals surface area contributed by atoms with Crippen LogP contribution in [0.5, 0.6) is 0 Å². The van der Waals surface area contributed by atoms with E-state index in [1.54, 1.807) is 24.5 Å². The van der Waals surface area contributed by atoms with Gasteiger partial charge < -0.3 is 24.8 Å². The van der Waals surface area contributed by atoms with E-state index in [0.717, 1.165) is 27.8 Å². The third-order valence-corrected chi connectivity index (χ3v) is 10.6. The zero-order valence-corrected chi connectivity index (χ0v) is 22.9. The first-order valence-electron chi connectivity index (χ1n) is 13.5. The zero-order chi connectivity index (χ0) is 28.1. The Hall–Kier alpha value is -3.28. The molecule has 11 heteroatoms. The molecule has 2 aromatic heterocycles. The molecule has 1 saturated carbocycles. The van der Waals surface area contributed by atoms with Gasteiger partial charge in [-0.25, -0.2) is 14.2 Å². The molecule has 1 fully saturated rings. The summed E-state index contributed by atoms with van der Waals surface area (Å²) < 4.78 is 21.8. The van der Waals surface area contributed by atoms with E-state index in [1.807, 2.05) is 0 Å². The molecule has 7 rings (SSSR count). The topological polar surface area (TPSA) is 131 Å². The molecule has 4 aliphatic rings. The molecule has 1 aliphatic carbocycles. The first-order valence-corrected chi connectivity index (χ1v) is 14.5. The van der Waals surface area contributed by atoms with Gasteiger partial charge in [-0.05, 0) is 43.4 Å². The number of carbonyl (C=O) groups excluding carboxylic acids is 2. The minimum absolute atomic E-state index is 0.0246. The Bertz CT molecular complexity index is 1730. The van der Waals surface area contributed by atoms with Gasteiger partial charge in [0.05, 0.1) is 47.1 Å². The number of aromatic nitrogens is 2. The number of cyclic esters (lactones) is 1. The highest BCUT2D eigenvalue weighted by atomic mass is 32.2. The summed E-state index contributed by atoms with van der Waals surface area (Å²) in [7, 11) is 0. The summed E-state index contributed by atoms with van der Waals surface area (Å²) in [4.78, 5) is 45.2. The van der Waals surface area contributed by atoms with Crippen LogP contribution in [0.2, 0.25) is 0 Å². The monoisotopic (exact) mass is 565 g/mol. The average Bonchev–Trinajstić information content (AvgIpc) is 3.28. The number of rotatable bonds is 4. The van der Waals surface area contributed by atoms with Crippen molar-refractivity contribution in [2.45, 2.75) is 69.2 Å². The lowest BCUT2D eigenvalue weighted by Gasteiger charge is -2.40. The number of aliphatic hydroxyl groups excluding tert-OH is 1. The molecule has 0 saturated heterocycles. The number of carbonyl (C=O) groups is 2. The van der Waals surface area contributed by atoms with Crippen molar-refractivity contribution in [3.05, 3.63) is 56.1 Å². The molecule has 40 heavy (non-hydrogen) atoms. The van der Waals surface area contributed by atoms with Gasteiger partial charge in [0.2, 0.25) is 5.91 Å². The van der Waals surface area contributed by atoms with Crippen LogP contribution < -0.4 is 10.9 Å². The number of amides is 1. The van der Waals surface area contributed by atoms with E-state index < -0.39 is 28.8 Å². The molecule has 3 N–H and O–H groups in total. The van der Waals surface area contributed by atoms with Crippen molar-refractivity contribution < 1.29 is 28.9 Å². The Kier molecular flexibility index (Phi) is 5.53. The number of esters is 1. The standard InChI is InChI=1S/C29H28FN3O6S/c1-3-29(38)16-7-20-23-14(9-33(20)25(35)15(16)10-39-27(29)37)21-19(32-26(36)28(12-34)5-4-6-28)11-40-24-13(2)17(30)8-18(31-23)22(21)24/h7-8,19,34,38H,3-6,9-12H2,1-2H3,(H,32,36)/t19?,29-/m0/s1. The number of ether oxygens (including phenoxy) is 1. The largest absolute Gasteiger partial charge is 0.458 e. The number of benzene rings is 1. The summed E-state index contributed by atoms with van der Waals surface area (Å²) in [6.07, 6.45) is 2.14. The second-order valence-corrected chi connectivity index (χ2v) is 12.3. The number of aliphatic hydroxyl groups is 2. The maximum absolute atomic E-state index is 15.1. The van der Waals surface area contributed by atoms with Crippen molar-refractivity contribution in [1.82, 2.24) is 14.9 Å². The maximum atomic E-state index is 15.1. The molecule has 0 bridgehead atoms. The summed E-state index contributed by atoms with van der Waals surface area (Å²) in [5, 5.41) is 25.1. The van der Waals surface area contributed by atoms with Gasteiger partial charge in [-0.3, -0.25) is 9.59 Å². The molecule has 0 radical (unpaired) electrons. The van der Waals surface area contributed by atoms with Crippen LogP contribution in [0, 0.1) is 18.2 Å². The van der Waals surface area contributed by atoms with Gasteiger partial charge in [0.1, 0.15) is 12.4 Å². The fourth-order valence-corrected chi connectivity index (χ4v) is 7.87. The third-order valence-electron chi connectivity index (χ3n) is 9.30. The summed E-state index contributed by atoms with van der Waals surface area (Å²) >= 11 is 1.46. The molecule has 1 unspecified atom stereocenters. The molecule has 5 heterocycles. The lowest BCUT2D eigenvalue weighted by molar-refractivity contribution is -0.172. The van der Waals surface area contributed by atoms with E-state index in [4.69, 9.17) is 9.72 Å². The zero-order valence-electron chi connectivity index (χ0n) is 22.1. The van der Waals surface area contributed by atoms with Crippen LogP contribution in [0.3, 0.4) is 0 Å². The molecular weight excluding hydrogens is 537 g/mol. The van der Waals surface area contributed by atoms with Crippen molar-refractivity contribution in [3.8, 4) is 11.4 Å². The Morgan fingerprint density at radius 2 is 2.08 bits per heavy atom. The number of pyridine rings is 2. The van der Waals surface area contributed by atoms with Crippen LogP contribution in [-0.4, -0.2) is 44.0 Å². The smallest absolute Gasteiger partial charge is 0.343 e. The predicted octanol–water partition coefficient (Wildman–Crippen LogP) is 2.95. The fraction of sp³-hybridized carbons (Fsp3) is 0.448. The summed E-state index contributed by atoms with van der Waals surface area (Å²) in [5.74, 6) is -0.953. The Labute approximate surface area is 232 Å². The molecular formula is C29H28FN3O6S. The summed E-state index contributed by atoms with van der Waals surface area (Å²) in [6.45, 7) is 3.08. The van der Waals surface area contributed by atoms with E-state index in [2.05, 4.69) is 5.32 Å². The molecule has 3 aliphatic heterocycles. The number of fused-ring (bicyclic) bond motifs is 5. The molecule has 9 nitrogen and oxygen atoms in total. The quantitative estimate of drug-likeness (QED) is 0.322. The summed E-state index contributed by atoms with van der Waals surface area (Å²) in [6, 6.07) is 2.56. The van der Waals surface area contributed by atoms with E-state index in [9.17, 15) is 24.6 Å². The molecule has 0 spiro atoms. The lowest BCUT2D eigenvalue weighted by atomic mass is 9.68. The van der Waals surface area contributed by atoms with Gasteiger partial charge in [0.25, 0.3) is 5.56 Å². The van der Waals surface area contributed by atoms with E-state index >= 15 is 4.39 Å². The molecule has 2 atom stereocenters. The van der Waals surface area contributed by atoms with Crippen molar-refractivity contribution in [2.24, 2.45) is 5.41 Å². The number of nitrogens with zero attached hydrogens (tertiary/aromatic N) is 2. The van der Waals surface area contributed by atoms with E-state index in [1.165, 1.54) is 17.8 Å². The third kappa shape index (κ3) is 3.22. The minimum Gasteiger partial charge on any atom is -0.458 e. The van der Waals surface area contributed by atoms with Crippen LogP contribution in [-0.2, 0) is 33.1 Å². The second kappa shape index (κ2) is 8.61. The molecule has 1 aromatic carbocycles. The van der Waals surface area contributed by atoms with Gasteiger partial charge >= 0.3 is 5.97 Å². The number of halogens is 1. The van der Waals surface area contributed by atoms with Crippen LogP contribution >= 0.6 is 11.8 Å². The second-order valence-electron chi connectivity index (χ2n) is 11.3. The van der Waals surface area contributed by atoms with E-state index in [0.29, 0.717) is 41.1 Å². The Morgan fingerprint density at radius 3 is 2.75 bits per heavy atom. The van der Waals surface area contributed by atoms with Crippen molar-refractivity contribution >= 4 is 34.5 Å². The highest BCUT2D eigenvalue weighted by molar-refractivity contribution is 7.99. The predicted molar refractivity (Wildman–Crippen MR) is 144 cm³/mol. The number of hydrogen-bond donors (Lipinski definition) is 3. The first kappa shape index (κ1) is 25.7. The molecule has 3 aromatic rings. The molecule has 1 amide bonds. The van der Waals surface area contributed by atoms with Gasteiger partial charge in [-0.15, -0.1) is 11.8 Å². The van der Waals surface area contributed by atoms with Crippen LogP contribution in [0.1, 0.15) is 66.5 Å².